The fourth-order valence-corrected chi connectivity index (χ4v) is 3.26. The van der Waals surface area contributed by atoms with E-state index in [1.54, 1.807) is 27.7 Å². The van der Waals surface area contributed by atoms with Gasteiger partial charge in [0.1, 0.15) is 17.7 Å². The van der Waals surface area contributed by atoms with Crippen LogP contribution in [0, 0.1) is 0 Å². The van der Waals surface area contributed by atoms with Crippen LogP contribution >= 0.6 is 0 Å². The van der Waals surface area contributed by atoms with Crippen LogP contribution in [-0.4, -0.2) is 59.7 Å². The van der Waals surface area contributed by atoms with Crippen LogP contribution in [0.25, 0.3) is 0 Å². The number of carbonyl (C=O) groups is 4. The molecule has 1 aliphatic heterocycles. The van der Waals surface area contributed by atoms with Crippen LogP contribution in [0.4, 0.5) is 4.79 Å². The Labute approximate surface area is 188 Å². The molecule has 1 heterocycles. The average Bonchev–Trinajstić information content (AvgIpc) is 3.11. The predicted octanol–water partition coefficient (Wildman–Crippen LogP) is 2.57. The molecular weight excluding hydrogens is 416 g/mol. The number of amides is 3. The lowest BCUT2D eigenvalue weighted by Crippen LogP contribution is -2.54. The molecule has 0 spiro atoms. The normalized spacial score (nSPS) is 17.1. The largest absolute Gasteiger partial charge is 0.464 e. The second-order valence-corrected chi connectivity index (χ2v) is 8.43. The number of esters is 1. The molecule has 32 heavy (non-hydrogen) atoms. The highest BCUT2D eigenvalue weighted by atomic mass is 16.6. The molecule has 176 valence electrons. The summed E-state index contributed by atoms with van der Waals surface area (Å²) in [6.45, 7) is 7.37. The number of benzene rings is 1. The topological polar surface area (TPSA) is 111 Å². The van der Waals surface area contributed by atoms with Gasteiger partial charge in [-0.25, -0.2) is 9.59 Å². The fourth-order valence-electron chi connectivity index (χ4n) is 3.26. The maximum absolute atomic E-state index is 13.2. The van der Waals surface area contributed by atoms with Crippen LogP contribution in [0.1, 0.15) is 52.5 Å². The molecule has 1 aliphatic rings. The van der Waals surface area contributed by atoms with Gasteiger partial charge in [-0.3, -0.25) is 14.5 Å². The number of carbonyl (C=O) groups excluding carboxylic acids is 4. The van der Waals surface area contributed by atoms with Gasteiger partial charge >= 0.3 is 12.1 Å². The first-order chi connectivity index (χ1) is 15.1. The smallest absolute Gasteiger partial charge is 0.408 e. The van der Waals surface area contributed by atoms with Gasteiger partial charge in [0.05, 0.1) is 13.2 Å². The maximum Gasteiger partial charge on any atom is 0.408 e. The molecule has 0 unspecified atom stereocenters. The summed E-state index contributed by atoms with van der Waals surface area (Å²) >= 11 is 0. The van der Waals surface area contributed by atoms with Crippen molar-refractivity contribution in [3.8, 4) is 0 Å². The van der Waals surface area contributed by atoms with Gasteiger partial charge in [0, 0.05) is 19.4 Å². The van der Waals surface area contributed by atoms with E-state index in [1.165, 1.54) is 0 Å². The summed E-state index contributed by atoms with van der Waals surface area (Å²) in [6, 6.07) is 7.41. The molecule has 2 atom stereocenters. The molecule has 9 nitrogen and oxygen atoms in total. The van der Waals surface area contributed by atoms with E-state index in [-0.39, 0.29) is 32.5 Å². The molecule has 9 heteroatoms. The minimum Gasteiger partial charge on any atom is -0.464 e. The number of hydrogen-bond acceptors (Lipinski definition) is 7. The van der Waals surface area contributed by atoms with Crippen molar-refractivity contribution in [1.82, 2.24) is 10.2 Å². The first kappa shape index (κ1) is 25.3. The Morgan fingerprint density at radius 2 is 1.88 bits per heavy atom. The van der Waals surface area contributed by atoms with E-state index in [0.29, 0.717) is 6.61 Å². The Hall–Kier alpha value is -2.94. The molecule has 1 aromatic rings. The van der Waals surface area contributed by atoms with Crippen molar-refractivity contribution in [2.24, 2.45) is 0 Å². The van der Waals surface area contributed by atoms with Crippen molar-refractivity contribution in [3.63, 3.8) is 0 Å². The van der Waals surface area contributed by atoms with E-state index < -0.39 is 41.6 Å². The van der Waals surface area contributed by atoms with Gasteiger partial charge in [-0.2, -0.15) is 0 Å². The Bertz CT molecular complexity index is 804. The zero-order valence-corrected chi connectivity index (χ0v) is 19.1. The van der Waals surface area contributed by atoms with E-state index in [2.05, 4.69) is 5.32 Å². The number of alkyl carbamates (subject to hydrolysis) is 1. The summed E-state index contributed by atoms with van der Waals surface area (Å²) in [7, 11) is 0. The third-order valence-corrected chi connectivity index (χ3v) is 4.66. The van der Waals surface area contributed by atoms with E-state index in [0.717, 1.165) is 10.5 Å². The van der Waals surface area contributed by atoms with Gasteiger partial charge in [-0.15, -0.1) is 0 Å². The van der Waals surface area contributed by atoms with Crippen LogP contribution in [0.15, 0.2) is 30.3 Å². The highest BCUT2D eigenvalue weighted by Crippen LogP contribution is 2.22. The van der Waals surface area contributed by atoms with Gasteiger partial charge in [-0.05, 0) is 39.7 Å². The van der Waals surface area contributed by atoms with Crippen molar-refractivity contribution >= 4 is 23.9 Å². The number of ether oxygens (including phenoxy) is 3. The minimum atomic E-state index is -1.10. The quantitative estimate of drug-likeness (QED) is 0.456. The van der Waals surface area contributed by atoms with Gasteiger partial charge in [0.2, 0.25) is 5.91 Å². The van der Waals surface area contributed by atoms with Gasteiger partial charge in [0.15, 0.2) is 0 Å². The van der Waals surface area contributed by atoms with Crippen molar-refractivity contribution in [1.29, 1.82) is 0 Å². The molecule has 1 saturated heterocycles. The van der Waals surface area contributed by atoms with Crippen molar-refractivity contribution in [3.05, 3.63) is 35.9 Å². The van der Waals surface area contributed by atoms with Crippen LogP contribution in [-0.2, 0) is 35.2 Å². The number of nitrogens with zero attached hydrogens (tertiary/aromatic N) is 1. The molecular formula is C23H32N2O7. The van der Waals surface area contributed by atoms with Crippen molar-refractivity contribution in [2.75, 3.05) is 13.2 Å². The molecule has 0 radical (unpaired) electrons. The van der Waals surface area contributed by atoms with E-state index in [9.17, 15) is 19.2 Å². The second-order valence-electron chi connectivity index (χ2n) is 8.43. The molecule has 0 aliphatic carbocycles. The average molecular weight is 449 g/mol. The van der Waals surface area contributed by atoms with Gasteiger partial charge in [0.25, 0.3) is 5.91 Å². The molecule has 3 amide bonds. The van der Waals surface area contributed by atoms with Gasteiger partial charge in [-0.1, -0.05) is 30.3 Å². The van der Waals surface area contributed by atoms with Crippen molar-refractivity contribution in [2.45, 2.75) is 71.2 Å². The first-order valence-electron chi connectivity index (χ1n) is 10.8. The fraction of sp³-hybridized carbons (Fsp3) is 0.565. The van der Waals surface area contributed by atoms with E-state index in [4.69, 9.17) is 14.2 Å². The molecule has 0 saturated carbocycles. The summed E-state index contributed by atoms with van der Waals surface area (Å²) < 4.78 is 15.9. The van der Waals surface area contributed by atoms with Crippen molar-refractivity contribution < 1.29 is 33.4 Å². The molecule has 0 aromatic heterocycles. The van der Waals surface area contributed by atoms with Gasteiger partial charge < -0.3 is 19.5 Å². The Morgan fingerprint density at radius 1 is 1.19 bits per heavy atom. The van der Waals surface area contributed by atoms with Crippen LogP contribution in [0.3, 0.4) is 0 Å². The number of rotatable bonds is 9. The second kappa shape index (κ2) is 11.6. The Morgan fingerprint density at radius 3 is 2.50 bits per heavy atom. The lowest BCUT2D eigenvalue weighted by atomic mass is 10.1. The SMILES string of the molecule is CCOC(=O)[C@@H]1CCC(=O)N1C(=O)[C@H](CCOCc1ccccc1)NC(=O)OC(C)(C)C. The standard InChI is InChI=1S/C23H32N2O7/c1-5-31-21(28)18-11-12-19(26)25(18)20(27)17(24-22(29)32-23(2,3)4)13-14-30-15-16-9-7-6-8-10-16/h6-10,17-18H,5,11-15H2,1-4H3,(H,24,29)/t17-,18-/m0/s1. The molecule has 1 fully saturated rings. The first-order valence-corrected chi connectivity index (χ1v) is 10.8. The van der Waals surface area contributed by atoms with Crippen LogP contribution in [0.2, 0.25) is 0 Å². The molecule has 1 aromatic carbocycles. The highest BCUT2D eigenvalue weighted by Gasteiger charge is 2.43. The summed E-state index contributed by atoms with van der Waals surface area (Å²) in [4.78, 5) is 51.1. The number of hydrogen-bond donors (Lipinski definition) is 1. The summed E-state index contributed by atoms with van der Waals surface area (Å²) in [6.07, 6.45) is -0.450. The maximum atomic E-state index is 13.2. The number of nitrogens with one attached hydrogen (secondary N) is 1. The predicted molar refractivity (Wildman–Crippen MR) is 115 cm³/mol. The Kier molecular flexibility index (Phi) is 9.19. The zero-order chi connectivity index (χ0) is 23.7. The Balaban J connectivity index is 2.08. The summed E-state index contributed by atoms with van der Waals surface area (Å²) in [5.41, 5.74) is 0.200. The summed E-state index contributed by atoms with van der Waals surface area (Å²) in [5, 5.41) is 2.52. The van der Waals surface area contributed by atoms with Crippen LogP contribution < -0.4 is 5.32 Å². The number of likely N-dealkylation sites (tertiary alicyclic amines) is 1. The lowest BCUT2D eigenvalue weighted by Gasteiger charge is -2.28. The van der Waals surface area contributed by atoms with Crippen LogP contribution in [0.5, 0.6) is 0 Å². The molecule has 2 rings (SSSR count). The third-order valence-electron chi connectivity index (χ3n) is 4.66. The third kappa shape index (κ3) is 7.64. The highest BCUT2D eigenvalue weighted by molar-refractivity contribution is 6.04. The monoisotopic (exact) mass is 448 g/mol. The molecule has 1 N–H and O–H groups in total. The lowest BCUT2D eigenvalue weighted by molar-refractivity contribution is -0.158. The zero-order valence-electron chi connectivity index (χ0n) is 19.1. The van der Waals surface area contributed by atoms with E-state index >= 15 is 0 Å². The number of imide groups is 1. The summed E-state index contributed by atoms with van der Waals surface area (Å²) in [5.74, 6) is -1.79. The molecule has 0 bridgehead atoms. The van der Waals surface area contributed by atoms with E-state index in [1.807, 2.05) is 30.3 Å². The minimum absolute atomic E-state index is 0.0545.